The van der Waals surface area contributed by atoms with E-state index in [1.54, 1.807) is 24.7 Å². The minimum atomic E-state index is -0.214. The average molecular weight is 365 g/mol. The van der Waals surface area contributed by atoms with E-state index in [9.17, 15) is 4.39 Å². The van der Waals surface area contributed by atoms with E-state index in [1.165, 1.54) is 17.9 Å². The fourth-order valence-corrected chi connectivity index (χ4v) is 4.17. The highest BCUT2D eigenvalue weighted by molar-refractivity contribution is 5.84. The predicted octanol–water partition coefficient (Wildman–Crippen LogP) is 6.44. The van der Waals surface area contributed by atoms with Gasteiger partial charge < -0.3 is 14.5 Å². The molecular weight excluding hydrogens is 341 g/mol. The Bertz CT molecular complexity index is 935. The van der Waals surface area contributed by atoms with Gasteiger partial charge in [-0.3, -0.25) is 0 Å². The Kier molecular flexibility index (Phi) is 5.14. The minimum Gasteiger partial charge on any atom is -0.466 e. The molecule has 1 aromatic heterocycles. The highest BCUT2D eigenvalue weighted by Crippen LogP contribution is 2.44. The number of allylic oxidation sites excluding steroid dienone is 4. The molecule has 0 amide bonds. The van der Waals surface area contributed by atoms with Crippen molar-refractivity contribution in [2.75, 3.05) is 0 Å². The minimum absolute atomic E-state index is 0.0575. The molecule has 0 fully saturated rings. The van der Waals surface area contributed by atoms with Gasteiger partial charge in [0.15, 0.2) is 0 Å². The zero-order valence-electron chi connectivity index (χ0n) is 15.5. The van der Waals surface area contributed by atoms with Crippen LogP contribution in [0.15, 0.2) is 72.7 Å². The van der Waals surface area contributed by atoms with E-state index in [1.807, 2.05) is 6.20 Å². The van der Waals surface area contributed by atoms with Crippen LogP contribution < -0.4 is 0 Å². The summed E-state index contributed by atoms with van der Waals surface area (Å²) in [6.07, 6.45) is 17.3. The van der Waals surface area contributed by atoms with Crippen molar-refractivity contribution in [3.8, 4) is 0 Å². The van der Waals surface area contributed by atoms with Gasteiger partial charge >= 0.3 is 0 Å². The maximum absolute atomic E-state index is 14.0. The van der Waals surface area contributed by atoms with Crippen LogP contribution >= 0.6 is 0 Å². The molecule has 4 rings (SSSR count). The molecule has 27 heavy (non-hydrogen) atoms. The highest BCUT2D eigenvalue weighted by atomic mass is 19.1. The molecule has 3 nitrogen and oxygen atoms in total. The average Bonchev–Trinajstić information content (AvgIpc) is 3.12. The summed E-state index contributed by atoms with van der Waals surface area (Å²) in [5, 5.41) is 0.943. The Morgan fingerprint density at radius 3 is 2.93 bits per heavy atom. The zero-order valence-corrected chi connectivity index (χ0v) is 15.5. The van der Waals surface area contributed by atoms with E-state index < -0.39 is 0 Å². The molecule has 2 unspecified atom stereocenters. The number of aromatic nitrogens is 1. The van der Waals surface area contributed by atoms with Crippen molar-refractivity contribution in [3.63, 3.8) is 0 Å². The van der Waals surface area contributed by atoms with Crippen molar-refractivity contribution in [3.05, 3.63) is 84.1 Å². The summed E-state index contributed by atoms with van der Waals surface area (Å²) >= 11 is 0. The third-order valence-electron chi connectivity index (χ3n) is 5.35. The molecule has 2 heterocycles. The summed E-state index contributed by atoms with van der Waals surface area (Å²) in [6, 6.07) is 4.92. The summed E-state index contributed by atoms with van der Waals surface area (Å²) in [5.74, 6) is 0.824. The van der Waals surface area contributed by atoms with Crippen LogP contribution in [-0.4, -0.2) is 4.98 Å². The van der Waals surface area contributed by atoms with Crippen molar-refractivity contribution in [1.29, 1.82) is 0 Å². The maximum Gasteiger partial charge on any atom is 0.146 e. The van der Waals surface area contributed by atoms with Crippen LogP contribution in [0.25, 0.3) is 10.9 Å². The number of H-pyrrole nitrogens is 1. The largest absolute Gasteiger partial charge is 0.466 e. The molecular formula is C23H24FNO2. The normalized spacial score (nSPS) is 18.4. The highest BCUT2D eigenvalue weighted by Gasteiger charge is 2.33. The van der Waals surface area contributed by atoms with Gasteiger partial charge in [-0.2, -0.15) is 0 Å². The van der Waals surface area contributed by atoms with Crippen molar-refractivity contribution >= 4 is 10.9 Å². The van der Waals surface area contributed by atoms with Crippen molar-refractivity contribution in [1.82, 2.24) is 4.98 Å². The number of aromatic amines is 1. The molecule has 2 aliphatic rings. The smallest absolute Gasteiger partial charge is 0.146 e. The molecule has 1 aliphatic carbocycles. The number of hydrogen-bond acceptors (Lipinski definition) is 2. The van der Waals surface area contributed by atoms with Gasteiger partial charge in [0.05, 0.1) is 0 Å². The molecule has 0 radical (unpaired) electrons. The van der Waals surface area contributed by atoms with Gasteiger partial charge in [-0.05, 0) is 48.9 Å². The van der Waals surface area contributed by atoms with Gasteiger partial charge in [-0.1, -0.05) is 37.1 Å². The van der Waals surface area contributed by atoms with Gasteiger partial charge in [-0.15, -0.1) is 0 Å². The Morgan fingerprint density at radius 2 is 2.19 bits per heavy atom. The lowest BCUT2D eigenvalue weighted by molar-refractivity contribution is 0.214. The lowest BCUT2D eigenvalue weighted by Crippen LogP contribution is -2.20. The second kappa shape index (κ2) is 7.87. The molecule has 0 saturated carbocycles. The van der Waals surface area contributed by atoms with Gasteiger partial charge in [0.25, 0.3) is 0 Å². The molecule has 1 N–H and O–H groups in total. The van der Waals surface area contributed by atoms with E-state index in [-0.39, 0.29) is 17.7 Å². The molecule has 0 bridgehead atoms. The standard InChI is InChI=1S/C23H24FNO2/c1-2-6-18(20-14-25-21-10-9-17(24)13-19(20)21)23(16-7-4-3-5-8-16)22-15-26-11-12-27-22/h3-4,7,9-15,18,23,25H,2,5-6,8H2,1H3. The first-order chi connectivity index (χ1) is 13.3. The fourth-order valence-electron chi connectivity index (χ4n) is 4.17. The first kappa shape index (κ1) is 17.7. The monoisotopic (exact) mass is 365 g/mol. The third-order valence-corrected chi connectivity index (χ3v) is 5.35. The number of rotatable bonds is 6. The van der Waals surface area contributed by atoms with Crippen molar-refractivity contribution in [2.24, 2.45) is 5.92 Å². The van der Waals surface area contributed by atoms with E-state index >= 15 is 0 Å². The van der Waals surface area contributed by atoms with Crippen LogP contribution in [0.3, 0.4) is 0 Å². The summed E-state index contributed by atoms with van der Waals surface area (Å²) in [6.45, 7) is 2.18. The Morgan fingerprint density at radius 1 is 1.26 bits per heavy atom. The molecule has 2 aromatic rings. The first-order valence-electron chi connectivity index (χ1n) is 9.57. The topological polar surface area (TPSA) is 34.2 Å². The van der Waals surface area contributed by atoms with Crippen LogP contribution in [0.1, 0.15) is 44.1 Å². The van der Waals surface area contributed by atoms with Gasteiger partial charge in [0, 0.05) is 23.0 Å². The van der Waals surface area contributed by atoms with Crippen molar-refractivity contribution in [2.45, 2.75) is 38.5 Å². The lowest BCUT2D eigenvalue weighted by Gasteiger charge is -2.31. The number of nitrogens with one attached hydrogen (secondary N) is 1. The zero-order chi connectivity index (χ0) is 18.6. The summed E-state index contributed by atoms with van der Waals surface area (Å²) < 4.78 is 25.2. The van der Waals surface area contributed by atoms with Crippen LogP contribution in [0.2, 0.25) is 0 Å². The van der Waals surface area contributed by atoms with Crippen molar-refractivity contribution < 1.29 is 13.9 Å². The molecule has 2 atom stereocenters. The van der Waals surface area contributed by atoms with E-state index in [0.717, 1.165) is 47.9 Å². The number of benzene rings is 1. The fraction of sp³-hybridized carbons (Fsp3) is 0.304. The van der Waals surface area contributed by atoms with Crippen LogP contribution in [-0.2, 0) is 9.47 Å². The SMILES string of the molecule is CCCC(c1c[nH]c2ccc(F)cc12)C(C1=CC=CCC1)C1=COC=CO1. The predicted molar refractivity (Wildman–Crippen MR) is 105 cm³/mol. The van der Waals surface area contributed by atoms with Crippen LogP contribution in [0.5, 0.6) is 0 Å². The molecule has 0 spiro atoms. The summed E-state index contributed by atoms with van der Waals surface area (Å²) in [4.78, 5) is 3.31. The van der Waals surface area contributed by atoms with Gasteiger partial charge in [0.1, 0.15) is 30.4 Å². The first-order valence-corrected chi connectivity index (χ1v) is 9.57. The number of ether oxygens (including phenoxy) is 2. The second-order valence-corrected chi connectivity index (χ2v) is 7.06. The van der Waals surface area contributed by atoms with E-state index in [4.69, 9.17) is 9.47 Å². The van der Waals surface area contributed by atoms with Crippen LogP contribution in [0, 0.1) is 11.7 Å². The molecule has 1 aromatic carbocycles. The lowest BCUT2D eigenvalue weighted by atomic mass is 9.75. The number of hydrogen-bond donors (Lipinski definition) is 1. The molecule has 140 valence electrons. The quantitative estimate of drug-likeness (QED) is 0.639. The summed E-state index contributed by atoms with van der Waals surface area (Å²) in [5.41, 5.74) is 3.41. The molecule has 0 saturated heterocycles. The Hall–Kier alpha value is -2.75. The Balaban J connectivity index is 1.82. The third kappa shape index (κ3) is 3.57. The van der Waals surface area contributed by atoms with Crippen LogP contribution in [0.4, 0.5) is 4.39 Å². The Labute approximate surface area is 158 Å². The summed E-state index contributed by atoms with van der Waals surface area (Å²) in [7, 11) is 0. The second-order valence-electron chi connectivity index (χ2n) is 7.06. The maximum atomic E-state index is 14.0. The number of halogens is 1. The molecule has 1 aliphatic heterocycles. The van der Waals surface area contributed by atoms with Gasteiger partial charge in [0.2, 0.25) is 0 Å². The van der Waals surface area contributed by atoms with E-state index in [0.29, 0.717) is 0 Å². The van der Waals surface area contributed by atoms with Gasteiger partial charge in [-0.25, -0.2) is 4.39 Å². The number of fused-ring (bicyclic) bond motifs is 1. The van der Waals surface area contributed by atoms with E-state index in [2.05, 4.69) is 30.1 Å². The molecule has 4 heteroatoms.